The van der Waals surface area contributed by atoms with Crippen molar-refractivity contribution in [3.63, 3.8) is 0 Å². The number of thiazole rings is 1. The van der Waals surface area contributed by atoms with Gasteiger partial charge >= 0.3 is 0 Å². The number of carbonyl (C=O) groups excluding carboxylic acids is 1. The van der Waals surface area contributed by atoms with Crippen LogP contribution in [0.4, 0.5) is 0 Å². The molecule has 0 bridgehead atoms. The third kappa shape index (κ3) is 3.16. The van der Waals surface area contributed by atoms with Gasteiger partial charge in [-0.2, -0.15) is 0 Å². The molecule has 0 saturated heterocycles. The number of carbonyl (C=O) groups is 1. The van der Waals surface area contributed by atoms with Crippen molar-refractivity contribution in [1.82, 2.24) is 10.3 Å². The van der Waals surface area contributed by atoms with Crippen molar-refractivity contribution in [2.24, 2.45) is 5.41 Å². The molecule has 1 saturated carbocycles. The fourth-order valence-corrected chi connectivity index (χ4v) is 3.37. The molecule has 0 unspecified atom stereocenters. The van der Waals surface area contributed by atoms with Crippen LogP contribution in [-0.2, 0) is 11.2 Å². The molecule has 1 heterocycles. The van der Waals surface area contributed by atoms with Gasteiger partial charge in [-0.1, -0.05) is 13.3 Å². The molecule has 94 valence electrons. The van der Waals surface area contributed by atoms with Crippen molar-refractivity contribution < 1.29 is 4.79 Å². The number of hydrogen-bond acceptors (Lipinski definition) is 3. The van der Waals surface area contributed by atoms with E-state index >= 15 is 0 Å². The lowest BCUT2D eigenvalue weighted by atomic mass is 9.70. The highest BCUT2D eigenvalue weighted by Gasteiger charge is 2.31. The summed E-state index contributed by atoms with van der Waals surface area (Å²) >= 11 is 6.55. The van der Waals surface area contributed by atoms with Gasteiger partial charge in [0.2, 0.25) is 5.91 Å². The van der Waals surface area contributed by atoms with E-state index in [2.05, 4.69) is 17.2 Å². The first-order chi connectivity index (χ1) is 7.98. The summed E-state index contributed by atoms with van der Waals surface area (Å²) in [4.78, 5) is 15.9. The number of rotatable bonds is 4. The molecule has 1 fully saturated rings. The van der Waals surface area contributed by atoms with Gasteiger partial charge in [0, 0.05) is 17.1 Å². The van der Waals surface area contributed by atoms with Crippen molar-refractivity contribution in [3.05, 3.63) is 14.5 Å². The Kier molecular flexibility index (Phi) is 3.68. The molecule has 5 heteroatoms. The Bertz CT molecular complexity index is 471. The van der Waals surface area contributed by atoms with Crippen LogP contribution in [0.2, 0.25) is 0 Å². The molecule has 1 aromatic rings. The van der Waals surface area contributed by atoms with Crippen LogP contribution in [0.1, 0.15) is 36.8 Å². The molecule has 17 heavy (non-hydrogen) atoms. The predicted molar refractivity (Wildman–Crippen MR) is 72.9 cm³/mol. The molecular formula is C12H18N2OS2. The van der Waals surface area contributed by atoms with Crippen molar-refractivity contribution in [1.29, 1.82) is 0 Å². The topological polar surface area (TPSA) is 44.9 Å². The van der Waals surface area contributed by atoms with E-state index in [9.17, 15) is 4.79 Å². The van der Waals surface area contributed by atoms with Crippen LogP contribution >= 0.6 is 23.6 Å². The van der Waals surface area contributed by atoms with Gasteiger partial charge in [-0.25, -0.2) is 0 Å². The van der Waals surface area contributed by atoms with Gasteiger partial charge in [0.15, 0.2) is 3.95 Å². The highest BCUT2D eigenvalue weighted by atomic mass is 32.1. The standard InChI is InChI=1S/C12H18N2OS2/c1-8-9(17-11(16)14-8)6-10(15)13-7-12(2)4-3-5-12/h3-7H2,1-2H3,(H,13,15)(H,14,16). The molecule has 2 N–H and O–H groups in total. The van der Waals surface area contributed by atoms with E-state index in [1.807, 2.05) is 6.92 Å². The normalized spacial score (nSPS) is 17.5. The predicted octanol–water partition coefficient (Wildman–Crippen LogP) is 2.96. The smallest absolute Gasteiger partial charge is 0.225 e. The maximum absolute atomic E-state index is 11.8. The molecule has 2 rings (SSSR count). The van der Waals surface area contributed by atoms with Crippen molar-refractivity contribution in [2.75, 3.05) is 6.54 Å². The van der Waals surface area contributed by atoms with Gasteiger partial charge in [-0.05, 0) is 37.4 Å². The number of aromatic amines is 1. The molecule has 1 aliphatic carbocycles. The monoisotopic (exact) mass is 270 g/mol. The summed E-state index contributed by atoms with van der Waals surface area (Å²) < 4.78 is 0.747. The molecule has 1 aliphatic rings. The van der Waals surface area contributed by atoms with E-state index in [4.69, 9.17) is 12.2 Å². The zero-order valence-corrected chi connectivity index (χ0v) is 11.9. The van der Waals surface area contributed by atoms with E-state index in [1.165, 1.54) is 30.6 Å². The van der Waals surface area contributed by atoms with Crippen LogP contribution in [0.5, 0.6) is 0 Å². The first kappa shape index (κ1) is 12.8. The van der Waals surface area contributed by atoms with Gasteiger partial charge in [0.05, 0.1) is 6.42 Å². The SMILES string of the molecule is Cc1[nH]c(=S)sc1CC(=O)NCC1(C)CCC1. The first-order valence-electron chi connectivity index (χ1n) is 5.94. The Hall–Kier alpha value is -0.680. The highest BCUT2D eigenvalue weighted by molar-refractivity contribution is 7.73. The molecular weight excluding hydrogens is 252 g/mol. The van der Waals surface area contributed by atoms with E-state index in [0.29, 0.717) is 11.8 Å². The molecule has 0 spiro atoms. The summed E-state index contributed by atoms with van der Waals surface area (Å²) in [5, 5.41) is 3.03. The maximum Gasteiger partial charge on any atom is 0.225 e. The molecule has 3 nitrogen and oxygen atoms in total. The second-order valence-corrected chi connectivity index (χ2v) is 6.95. The minimum Gasteiger partial charge on any atom is -0.355 e. The zero-order chi connectivity index (χ0) is 12.5. The Morgan fingerprint density at radius 1 is 1.59 bits per heavy atom. The zero-order valence-electron chi connectivity index (χ0n) is 10.3. The second kappa shape index (κ2) is 4.90. The number of hydrogen-bond donors (Lipinski definition) is 2. The van der Waals surface area contributed by atoms with Crippen LogP contribution in [0.25, 0.3) is 0 Å². The Morgan fingerprint density at radius 3 is 2.76 bits per heavy atom. The number of amides is 1. The average molecular weight is 270 g/mol. The van der Waals surface area contributed by atoms with Gasteiger partial charge in [0.25, 0.3) is 0 Å². The van der Waals surface area contributed by atoms with Crippen LogP contribution in [0.3, 0.4) is 0 Å². The lowest BCUT2D eigenvalue weighted by Crippen LogP contribution is -2.40. The Labute approximate surface area is 111 Å². The number of nitrogens with one attached hydrogen (secondary N) is 2. The summed E-state index contributed by atoms with van der Waals surface area (Å²) in [5.41, 5.74) is 1.36. The largest absolute Gasteiger partial charge is 0.355 e. The molecule has 1 aromatic heterocycles. The summed E-state index contributed by atoms with van der Waals surface area (Å²) in [7, 11) is 0. The number of aryl methyl sites for hydroxylation is 1. The van der Waals surface area contributed by atoms with Crippen LogP contribution in [0.15, 0.2) is 0 Å². The minimum atomic E-state index is 0.103. The Morgan fingerprint density at radius 2 is 2.29 bits per heavy atom. The van der Waals surface area contributed by atoms with Crippen molar-refractivity contribution >= 4 is 29.5 Å². The molecule has 0 atom stereocenters. The lowest BCUT2D eigenvalue weighted by molar-refractivity contribution is -0.121. The van der Waals surface area contributed by atoms with Gasteiger partial charge in [-0.15, -0.1) is 11.3 Å². The second-order valence-electron chi connectivity index (χ2n) is 5.18. The van der Waals surface area contributed by atoms with Gasteiger partial charge in [0.1, 0.15) is 0 Å². The minimum absolute atomic E-state index is 0.103. The maximum atomic E-state index is 11.8. The third-order valence-corrected chi connectivity index (χ3v) is 4.85. The fraction of sp³-hybridized carbons (Fsp3) is 0.667. The van der Waals surface area contributed by atoms with Crippen LogP contribution < -0.4 is 5.32 Å². The first-order valence-corrected chi connectivity index (χ1v) is 7.16. The van der Waals surface area contributed by atoms with E-state index in [0.717, 1.165) is 21.1 Å². The van der Waals surface area contributed by atoms with E-state index in [-0.39, 0.29) is 5.91 Å². The highest BCUT2D eigenvalue weighted by Crippen LogP contribution is 2.39. The summed E-state index contributed by atoms with van der Waals surface area (Å²) in [6, 6.07) is 0. The van der Waals surface area contributed by atoms with E-state index < -0.39 is 0 Å². The fourth-order valence-electron chi connectivity index (χ4n) is 2.08. The van der Waals surface area contributed by atoms with Crippen molar-refractivity contribution in [2.45, 2.75) is 39.5 Å². The quantitative estimate of drug-likeness (QED) is 0.826. The summed E-state index contributed by atoms with van der Waals surface area (Å²) in [6.45, 7) is 5.01. The van der Waals surface area contributed by atoms with Gasteiger partial charge < -0.3 is 10.3 Å². The number of aromatic nitrogens is 1. The summed E-state index contributed by atoms with van der Waals surface area (Å²) in [6.07, 6.45) is 4.20. The van der Waals surface area contributed by atoms with E-state index in [1.54, 1.807) is 0 Å². The number of H-pyrrole nitrogens is 1. The average Bonchev–Trinajstić information content (AvgIpc) is 2.52. The van der Waals surface area contributed by atoms with Crippen LogP contribution in [-0.4, -0.2) is 17.4 Å². The molecule has 1 amide bonds. The third-order valence-electron chi connectivity index (χ3n) is 3.52. The molecule has 0 radical (unpaired) electrons. The summed E-state index contributed by atoms with van der Waals surface area (Å²) in [5.74, 6) is 0.103. The molecule has 0 aromatic carbocycles. The Balaban J connectivity index is 1.85. The van der Waals surface area contributed by atoms with Crippen molar-refractivity contribution in [3.8, 4) is 0 Å². The van der Waals surface area contributed by atoms with Gasteiger partial charge in [-0.3, -0.25) is 4.79 Å². The molecule has 0 aliphatic heterocycles. The lowest BCUT2D eigenvalue weighted by Gasteiger charge is -2.38. The van der Waals surface area contributed by atoms with Crippen LogP contribution in [0, 0.1) is 16.3 Å².